The van der Waals surface area contributed by atoms with Crippen molar-refractivity contribution in [2.75, 3.05) is 6.54 Å². The normalized spacial score (nSPS) is 15.4. The second-order valence-electron chi connectivity index (χ2n) is 4.94. The molecule has 1 aliphatic carbocycles. The van der Waals surface area contributed by atoms with E-state index < -0.39 is 10.0 Å². The second kappa shape index (κ2) is 6.22. The first-order valence-corrected chi connectivity index (χ1v) is 9.09. The molecule has 21 heavy (non-hydrogen) atoms. The molecule has 0 spiro atoms. The van der Waals surface area contributed by atoms with Gasteiger partial charge in [-0.2, -0.15) is 0 Å². The van der Waals surface area contributed by atoms with Crippen LogP contribution in [0.4, 0.5) is 0 Å². The lowest BCUT2D eigenvalue weighted by atomic mass is 10.4. The Hall–Kier alpha value is -1.29. The lowest BCUT2D eigenvalue weighted by Gasteiger charge is -2.04. The van der Waals surface area contributed by atoms with Gasteiger partial charge in [-0.15, -0.1) is 16.4 Å². The molecule has 1 fully saturated rings. The van der Waals surface area contributed by atoms with Gasteiger partial charge >= 0.3 is 0 Å². The number of sulfonamides is 1. The molecule has 7 nitrogen and oxygen atoms in total. The van der Waals surface area contributed by atoms with E-state index in [0.717, 1.165) is 11.4 Å². The number of hydrogen-bond donors (Lipinski definition) is 2. The Kier molecular flexibility index (Phi) is 4.34. The van der Waals surface area contributed by atoms with Crippen LogP contribution in [-0.4, -0.2) is 36.0 Å². The molecule has 0 unspecified atom stereocenters. The van der Waals surface area contributed by atoms with Crippen molar-refractivity contribution in [3.05, 3.63) is 29.4 Å². The molecular weight excluding hydrogens is 310 g/mol. The largest absolute Gasteiger partial charge is 0.309 e. The minimum Gasteiger partial charge on any atom is -0.309 e. The van der Waals surface area contributed by atoms with Gasteiger partial charge in [0.05, 0.1) is 12.7 Å². The number of nitrogens with one attached hydrogen (secondary N) is 2. The van der Waals surface area contributed by atoms with Crippen molar-refractivity contribution < 1.29 is 8.42 Å². The van der Waals surface area contributed by atoms with Crippen molar-refractivity contribution in [3.63, 3.8) is 0 Å². The molecule has 2 aromatic rings. The molecule has 0 saturated heterocycles. The minimum atomic E-state index is -3.44. The van der Waals surface area contributed by atoms with E-state index in [0.29, 0.717) is 23.3 Å². The van der Waals surface area contributed by atoms with Crippen molar-refractivity contribution >= 4 is 21.4 Å². The van der Waals surface area contributed by atoms with Crippen LogP contribution in [0.2, 0.25) is 0 Å². The van der Waals surface area contributed by atoms with E-state index in [1.807, 2.05) is 6.07 Å². The molecule has 0 amide bonds. The van der Waals surface area contributed by atoms with E-state index in [1.54, 1.807) is 23.1 Å². The minimum absolute atomic E-state index is 0.291. The van der Waals surface area contributed by atoms with Crippen molar-refractivity contribution in [3.8, 4) is 0 Å². The van der Waals surface area contributed by atoms with Crippen LogP contribution < -0.4 is 10.0 Å². The first-order chi connectivity index (χ1) is 10.1. The fraction of sp³-hybridized carbons (Fsp3) is 0.500. The summed E-state index contributed by atoms with van der Waals surface area (Å²) in [6.45, 7) is 1.49. The Bertz CT molecular complexity index is 676. The third-order valence-electron chi connectivity index (χ3n) is 3.15. The summed E-state index contributed by atoms with van der Waals surface area (Å²) in [5.74, 6) is 0. The van der Waals surface area contributed by atoms with Crippen LogP contribution in [0.3, 0.4) is 0 Å². The molecule has 0 atom stereocenters. The van der Waals surface area contributed by atoms with Crippen molar-refractivity contribution in [1.82, 2.24) is 25.0 Å². The predicted molar refractivity (Wildman–Crippen MR) is 79.4 cm³/mol. The number of rotatable bonds is 8. The fourth-order valence-corrected chi connectivity index (χ4v) is 4.22. The quantitative estimate of drug-likeness (QED) is 0.740. The van der Waals surface area contributed by atoms with Crippen molar-refractivity contribution in [2.45, 2.75) is 36.2 Å². The summed E-state index contributed by atoms with van der Waals surface area (Å²) in [4.78, 5) is 1.04. The van der Waals surface area contributed by atoms with Gasteiger partial charge in [0.2, 0.25) is 10.0 Å². The van der Waals surface area contributed by atoms with Gasteiger partial charge in [-0.3, -0.25) is 4.68 Å². The summed E-state index contributed by atoms with van der Waals surface area (Å²) in [7, 11) is -3.44. The lowest BCUT2D eigenvalue weighted by Crippen LogP contribution is -2.27. The van der Waals surface area contributed by atoms with Gasteiger partial charge < -0.3 is 5.32 Å². The lowest BCUT2D eigenvalue weighted by molar-refractivity contribution is 0.554. The molecule has 3 rings (SSSR count). The van der Waals surface area contributed by atoms with E-state index in [-0.39, 0.29) is 0 Å². The number of aromatic nitrogens is 3. The van der Waals surface area contributed by atoms with E-state index >= 15 is 0 Å². The molecular formula is C12H17N5O2S2. The van der Waals surface area contributed by atoms with Gasteiger partial charge in [-0.1, -0.05) is 5.21 Å². The van der Waals surface area contributed by atoms with Crippen LogP contribution in [0.25, 0.3) is 0 Å². The number of thiophene rings is 1. The highest BCUT2D eigenvalue weighted by atomic mass is 32.2. The summed E-state index contributed by atoms with van der Waals surface area (Å²) < 4.78 is 28.8. The van der Waals surface area contributed by atoms with Crippen LogP contribution in [0.1, 0.15) is 17.7 Å². The van der Waals surface area contributed by atoms with Gasteiger partial charge in [-0.25, -0.2) is 13.1 Å². The Morgan fingerprint density at radius 1 is 1.38 bits per heavy atom. The third-order valence-corrected chi connectivity index (χ3v) is 6.19. The zero-order valence-electron chi connectivity index (χ0n) is 11.4. The summed E-state index contributed by atoms with van der Waals surface area (Å²) in [6.07, 6.45) is 5.70. The van der Waals surface area contributed by atoms with Gasteiger partial charge in [0.1, 0.15) is 4.21 Å². The highest BCUT2D eigenvalue weighted by Gasteiger charge is 2.21. The molecule has 1 aliphatic rings. The molecule has 0 aromatic carbocycles. The summed E-state index contributed by atoms with van der Waals surface area (Å²) in [6, 6.07) is 4.14. The monoisotopic (exact) mass is 327 g/mol. The second-order valence-corrected chi connectivity index (χ2v) is 8.10. The van der Waals surface area contributed by atoms with Crippen LogP contribution in [0.15, 0.2) is 28.7 Å². The molecule has 114 valence electrons. The van der Waals surface area contributed by atoms with Crippen LogP contribution >= 0.6 is 11.3 Å². The van der Waals surface area contributed by atoms with Gasteiger partial charge in [0, 0.05) is 30.2 Å². The standard InChI is InChI=1S/C12H17N5O2S2/c18-21(19,15-6-8-17-7-5-14-16-17)12-4-3-11(20-12)9-13-10-1-2-10/h3-5,7,10,13,15H,1-2,6,8-9H2. The van der Waals surface area contributed by atoms with Crippen molar-refractivity contribution in [2.24, 2.45) is 0 Å². The molecule has 0 aliphatic heterocycles. The maximum absolute atomic E-state index is 12.2. The highest BCUT2D eigenvalue weighted by Crippen LogP contribution is 2.24. The fourth-order valence-electron chi connectivity index (χ4n) is 1.85. The van der Waals surface area contributed by atoms with Crippen LogP contribution in [-0.2, 0) is 23.1 Å². The molecule has 1 saturated carbocycles. The highest BCUT2D eigenvalue weighted by molar-refractivity contribution is 7.91. The summed E-state index contributed by atoms with van der Waals surface area (Å²) in [5, 5.41) is 10.8. The SMILES string of the molecule is O=S(=O)(NCCn1ccnn1)c1ccc(CNC2CC2)s1. The number of nitrogens with zero attached hydrogens (tertiary/aromatic N) is 3. The van der Waals surface area contributed by atoms with E-state index in [2.05, 4.69) is 20.4 Å². The molecule has 2 heterocycles. The predicted octanol–water partition coefficient (Wildman–Crippen LogP) is 0.570. The molecule has 0 radical (unpaired) electrons. The Morgan fingerprint density at radius 2 is 2.24 bits per heavy atom. The van der Waals surface area contributed by atoms with E-state index in [1.165, 1.54) is 24.2 Å². The average molecular weight is 327 g/mol. The molecule has 9 heteroatoms. The Balaban J connectivity index is 1.53. The van der Waals surface area contributed by atoms with Gasteiger partial charge in [0.15, 0.2) is 0 Å². The first kappa shape index (κ1) is 14.6. The molecule has 2 aromatic heterocycles. The summed E-state index contributed by atoms with van der Waals surface area (Å²) >= 11 is 1.31. The van der Waals surface area contributed by atoms with Crippen LogP contribution in [0, 0.1) is 0 Å². The maximum atomic E-state index is 12.2. The Labute approximate surface area is 127 Å². The van der Waals surface area contributed by atoms with Gasteiger partial charge in [-0.05, 0) is 25.0 Å². The number of hydrogen-bond acceptors (Lipinski definition) is 6. The summed E-state index contributed by atoms with van der Waals surface area (Å²) in [5.41, 5.74) is 0. The van der Waals surface area contributed by atoms with E-state index in [4.69, 9.17) is 0 Å². The van der Waals surface area contributed by atoms with E-state index in [9.17, 15) is 8.42 Å². The zero-order chi connectivity index (χ0) is 14.7. The van der Waals surface area contributed by atoms with Crippen LogP contribution in [0.5, 0.6) is 0 Å². The maximum Gasteiger partial charge on any atom is 0.250 e. The van der Waals surface area contributed by atoms with Crippen molar-refractivity contribution in [1.29, 1.82) is 0 Å². The molecule has 0 bridgehead atoms. The molecule has 2 N–H and O–H groups in total. The van der Waals surface area contributed by atoms with Gasteiger partial charge in [0.25, 0.3) is 0 Å². The Morgan fingerprint density at radius 3 is 2.95 bits per heavy atom. The average Bonchev–Trinajstić information content (AvgIpc) is 2.93. The smallest absolute Gasteiger partial charge is 0.250 e. The first-order valence-electron chi connectivity index (χ1n) is 6.79. The topological polar surface area (TPSA) is 88.9 Å². The zero-order valence-corrected chi connectivity index (χ0v) is 13.0. The third kappa shape index (κ3) is 4.10.